The number of allylic oxidation sites excluding steroid dienone is 1. The Bertz CT molecular complexity index is 1010. The Morgan fingerprint density at radius 3 is 2.41 bits per heavy atom. The van der Waals surface area contributed by atoms with Crippen molar-refractivity contribution in [2.45, 2.75) is 6.61 Å². The van der Waals surface area contributed by atoms with E-state index in [0.717, 1.165) is 25.6 Å². The van der Waals surface area contributed by atoms with Crippen molar-refractivity contribution in [3.8, 4) is 11.8 Å². The van der Waals surface area contributed by atoms with E-state index in [-0.39, 0.29) is 0 Å². The molecule has 0 saturated heterocycles. The third-order valence-corrected chi connectivity index (χ3v) is 5.14. The summed E-state index contributed by atoms with van der Waals surface area (Å²) in [5, 5.41) is 10.3. The summed E-state index contributed by atoms with van der Waals surface area (Å²) in [4.78, 5) is 0. The predicted molar refractivity (Wildman–Crippen MR) is 118 cm³/mol. The molecule has 3 rings (SSSR count). The van der Waals surface area contributed by atoms with E-state index in [1.165, 1.54) is 0 Å². The van der Waals surface area contributed by atoms with Crippen LogP contribution in [0.4, 0.5) is 0 Å². The van der Waals surface area contributed by atoms with Crippen molar-refractivity contribution < 1.29 is 4.74 Å². The minimum atomic E-state index is 0.394. The van der Waals surface area contributed by atoms with Crippen LogP contribution in [-0.2, 0) is 6.61 Å². The zero-order chi connectivity index (χ0) is 19.2. The molecule has 0 spiro atoms. The molecule has 5 heteroatoms. The number of rotatable bonds is 5. The van der Waals surface area contributed by atoms with Gasteiger partial charge in [-0.1, -0.05) is 70.0 Å². The normalized spacial score (nSPS) is 11.1. The molecule has 27 heavy (non-hydrogen) atoms. The molecule has 0 aliphatic carbocycles. The van der Waals surface area contributed by atoms with Crippen molar-refractivity contribution in [3.05, 3.63) is 97.4 Å². The number of hydrogen-bond acceptors (Lipinski definition) is 2. The Balaban J connectivity index is 1.96. The van der Waals surface area contributed by atoms with Crippen LogP contribution in [0.15, 0.2) is 75.7 Å². The average Bonchev–Trinajstić information content (AvgIpc) is 2.67. The lowest BCUT2D eigenvalue weighted by Gasteiger charge is -2.13. The summed E-state index contributed by atoms with van der Waals surface area (Å²) in [7, 11) is 0. The quantitative estimate of drug-likeness (QED) is 0.267. The Labute approximate surface area is 180 Å². The number of halogens is 3. The second-order valence-corrected chi connectivity index (χ2v) is 7.96. The Morgan fingerprint density at radius 1 is 1.04 bits per heavy atom. The van der Waals surface area contributed by atoms with Gasteiger partial charge in [-0.3, -0.25) is 0 Å². The van der Waals surface area contributed by atoms with Gasteiger partial charge in [0.1, 0.15) is 12.4 Å². The van der Waals surface area contributed by atoms with Crippen molar-refractivity contribution in [1.29, 1.82) is 5.26 Å². The predicted octanol–water partition coefficient (Wildman–Crippen LogP) is 7.51. The molecule has 0 N–H and O–H groups in total. The fourth-order valence-electron chi connectivity index (χ4n) is 2.53. The van der Waals surface area contributed by atoms with Crippen LogP contribution in [0, 0.1) is 11.3 Å². The molecule has 0 radical (unpaired) electrons. The van der Waals surface area contributed by atoms with Crippen molar-refractivity contribution in [1.82, 2.24) is 0 Å². The van der Waals surface area contributed by atoms with Crippen LogP contribution < -0.4 is 4.74 Å². The lowest BCUT2D eigenvalue weighted by molar-refractivity contribution is 0.303. The van der Waals surface area contributed by atoms with E-state index < -0.39 is 0 Å². The van der Waals surface area contributed by atoms with Gasteiger partial charge in [0.25, 0.3) is 0 Å². The van der Waals surface area contributed by atoms with Gasteiger partial charge in [-0.25, -0.2) is 0 Å². The average molecular weight is 504 g/mol. The molecule has 0 aromatic heterocycles. The number of hydrogen-bond donors (Lipinski definition) is 0. The number of benzene rings is 3. The Hall–Kier alpha value is -2.06. The minimum Gasteiger partial charge on any atom is -0.487 e. The zero-order valence-electron chi connectivity index (χ0n) is 14.1. The third-order valence-electron chi connectivity index (χ3n) is 3.84. The molecule has 0 unspecified atom stereocenters. The molecule has 0 aliphatic heterocycles. The maximum Gasteiger partial charge on any atom is 0.141 e. The van der Waals surface area contributed by atoms with Gasteiger partial charge in [-0.05, 0) is 57.4 Å². The first-order chi connectivity index (χ1) is 13.1. The first kappa shape index (κ1) is 19.7. The van der Waals surface area contributed by atoms with Crippen molar-refractivity contribution in [2.24, 2.45) is 0 Å². The molecule has 0 saturated carbocycles. The van der Waals surface area contributed by atoms with Gasteiger partial charge < -0.3 is 4.74 Å². The molecule has 0 aliphatic rings. The highest BCUT2D eigenvalue weighted by atomic mass is 79.9. The standard InChI is InChI=1S/C22H14Br2ClNO/c23-19-11-17(10-18(13-26)16-4-2-1-3-5-16)22(21(24)12-19)27-14-15-6-8-20(25)9-7-15/h1-12H,14H2/b18-10+. The Morgan fingerprint density at radius 2 is 1.74 bits per heavy atom. The van der Waals surface area contributed by atoms with Crippen molar-refractivity contribution in [2.75, 3.05) is 0 Å². The smallest absolute Gasteiger partial charge is 0.141 e. The molecular weight excluding hydrogens is 490 g/mol. The van der Waals surface area contributed by atoms with Crippen LogP contribution in [-0.4, -0.2) is 0 Å². The van der Waals surface area contributed by atoms with Gasteiger partial charge in [0, 0.05) is 15.1 Å². The first-order valence-corrected chi connectivity index (χ1v) is 10.1. The highest BCUT2D eigenvalue weighted by Gasteiger charge is 2.11. The number of nitriles is 1. The van der Waals surface area contributed by atoms with Gasteiger partial charge in [0.2, 0.25) is 0 Å². The van der Waals surface area contributed by atoms with Crippen LogP contribution in [0.3, 0.4) is 0 Å². The summed E-state index contributed by atoms with van der Waals surface area (Å²) in [5.41, 5.74) is 3.25. The molecule has 0 atom stereocenters. The molecule has 0 heterocycles. The second kappa shape index (κ2) is 9.23. The van der Waals surface area contributed by atoms with E-state index in [2.05, 4.69) is 37.9 Å². The van der Waals surface area contributed by atoms with Gasteiger partial charge in [-0.2, -0.15) is 5.26 Å². The second-order valence-electron chi connectivity index (χ2n) is 5.76. The lowest BCUT2D eigenvalue weighted by Crippen LogP contribution is -1.98. The summed E-state index contributed by atoms with van der Waals surface area (Å²) in [6.07, 6.45) is 1.84. The van der Waals surface area contributed by atoms with E-state index in [9.17, 15) is 5.26 Å². The highest BCUT2D eigenvalue weighted by Crippen LogP contribution is 2.36. The van der Waals surface area contributed by atoms with E-state index in [1.807, 2.05) is 72.8 Å². The first-order valence-electron chi connectivity index (χ1n) is 8.10. The maximum absolute atomic E-state index is 9.61. The molecular formula is C22H14Br2ClNO. The van der Waals surface area contributed by atoms with E-state index in [1.54, 1.807) is 0 Å². The topological polar surface area (TPSA) is 33.0 Å². The van der Waals surface area contributed by atoms with Crippen molar-refractivity contribution >= 4 is 55.1 Å². The molecule has 0 bridgehead atoms. The van der Waals surface area contributed by atoms with Gasteiger partial charge in [-0.15, -0.1) is 0 Å². The van der Waals surface area contributed by atoms with Crippen molar-refractivity contribution in [3.63, 3.8) is 0 Å². The molecule has 0 fully saturated rings. The molecule has 2 nitrogen and oxygen atoms in total. The monoisotopic (exact) mass is 501 g/mol. The summed E-state index contributed by atoms with van der Waals surface area (Å²) in [6.45, 7) is 0.394. The minimum absolute atomic E-state index is 0.394. The summed E-state index contributed by atoms with van der Waals surface area (Å²) >= 11 is 13.0. The lowest BCUT2D eigenvalue weighted by atomic mass is 10.0. The van der Waals surface area contributed by atoms with Crippen LogP contribution in [0.2, 0.25) is 5.02 Å². The van der Waals surface area contributed by atoms with Gasteiger partial charge in [0.05, 0.1) is 16.1 Å². The van der Waals surface area contributed by atoms with Gasteiger partial charge in [0.15, 0.2) is 0 Å². The van der Waals surface area contributed by atoms with Gasteiger partial charge >= 0.3 is 0 Å². The summed E-state index contributed by atoms with van der Waals surface area (Å²) < 4.78 is 7.77. The fourth-order valence-corrected chi connectivity index (χ4v) is 4.03. The largest absolute Gasteiger partial charge is 0.487 e. The van der Waals surface area contributed by atoms with Crippen LogP contribution in [0.5, 0.6) is 5.75 Å². The third kappa shape index (κ3) is 5.23. The molecule has 134 valence electrons. The SMILES string of the molecule is N#C/C(=C\c1cc(Br)cc(Br)c1OCc1ccc(Cl)cc1)c1ccccc1. The number of nitrogens with zero attached hydrogens (tertiary/aromatic N) is 1. The van der Waals surface area contributed by atoms with E-state index in [0.29, 0.717) is 23.0 Å². The van der Waals surface area contributed by atoms with Crippen LogP contribution in [0.25, 0.3) is 11.6 Å². The fraction of sp³-hybridized carbons (Fsp3) is 0.0455. The highest BCUT2D eigenvalue weighted by molar-refractivity contribution is 9.11. The molecule has 3 aromatic rings. The van der Waals surface area contributed by atoms with E-state index >= 15 is 0 Å². The molecule has 3 aromatic carbocycles. The van der Waals surface area contributed by atoms with Crippen LogP contribution >= 0.6 is 43.5 Å². The number of ether oxygens (including phenoxy) is 1. The molecule has 0 amide bonds. The van der Waals surface area contributed by atoms with E-state index in [4.69, 9.17) is 16.3 Å². The summed E-state index contributed by atoms with van der Waals surface area (Å²) in [6, 6.07) is 23.2. The van der Waals surface area contributed by atoms with Crippen LogP contribution in [0.1, 0.15) is 16.7 Å². The zero-order valence-corrected chi connectivity index (χ0v) is 18.1. The maximum atomic E-state index is 9.61. The Kier molecular flexibility index (Phi) is 6.73. The summed E-state index contributed by atoms with van der Waals surface area (Å²) in [5.74, 6) is 0.678.